The number of likely N-dealkylation sites (N-methyl/N-ethyl adjacent to an activating group) is 1. The monoisotopic (exact) mass is 282 g/mol. The van der Waals surface area contributed by atoms with Gasteiger partial charge < -0.3 is 15.0 Å². The number of ether oxygens (including phenoxy) is 1. The molecule has 0 aliphatic heterocycles. The van der Waals surface area contributed by atoms with Gasteiger partial charge in [0, 0.05) is 18.8 Å². The number of rotatable bonds is 8. The first-order chi connectivity index (χ1) is 9.62. The Kier molecular flexibility index (Phi) is 7.01. The van der Waals surface area contributed by atoms with Crippen LogP contribution in [0.5, 0.6) is 0 Å². The van der Waals surface area contributed by atoms with Crippen molar-refractivity contribution < 1.29 is 13.9 Å². The van der Waals surface area contributed by atoms with Gasteiger partial charge in [-0.25, -0.2) is 4.39 Å². The van der Waals surface area contributed by atoms with Crippen LogP contribution in [0.1, 0.15) is 20.3 Å². The van der Waals surface area contributed by atoms with E-state index in [1.165, 1.54) is 19.2 Å². The maximum atomic E-state index is 13.3. The maximum Gasteiger partial charge on any atom is 0.322 e. The molecule has 0 radical (unpaired) electrons. The van der Waals surface area contributed by atoms with Crippen molar-refractivity contribution >= 4 is 11.7 Å². The van der Waals surface area contributed by atoms with Crippen LogP contribution >= 0.6 is 0 Å². The minimum atomic E-state index is -0.326. The van der Waals surface area contributed by atoms with Crippen molar-refractivity contribution in [3.8, 4) is 0 Å². The highest BCUT2D eigenvalue weighted by atomic mass is 19.1. The first kappa shape index (κ1) is 16.4. The van der Waals surface area contributed by atoms with E-state index < -0.39 is 0 Å². The molecule has 0 saturated heterocycles. The average molecular weight is 282 g/mol. The number of anilines is 1. The fourth-order valence-corrected chi connectivity index (χ4v) is 2.12. The predicted molar refractivity (Wildman–Crippen MR) is 78.4 cm³/mol. The first-order valence-electron chi connectivity index (χ1n) is 6.94. The highest BCUT2D eigenvalue weighted by Crippen LogP contribution is 2.16. The molecule has 0 heterocycles. The van der Waals surface area contributed by atoms with Gasteiger partial charge in [-0.15, -0.1) is 0 Å². The number of hydrogen-bond acceptors (Lipinski definition) is 4. The maximum absolute atomic E-state index is 13.3. The van der Waals surface area contributed by atoms with Gasteiger partial charge in [0.2, 0.25) is 0 Å². The van der Waals surface area contributed by atoms with E-state index in [9.17, 15) is 9.18 Å². The Bertz CT molecular complexity index is 426. The number of nitrogens with zero attached hydrogens (tertiary/aromatic N) is 1. The zero-order valence-electron chi connectivity index (χ0n) is 12.4. The normalized spacial score (nSPS) is 12.0. The highest BCUT2D eigenvalue weighted by Gasteiger charge is 2.18. The second-order valence-electron chi connectivity index (χ2n) is 4.48. The molecule has 0 amide bonds. The Morgan fingerprint density at radius 3 is 2.75 bits per heavy atom. The number of esters is 1. The Labute approximate surface area is 119 Å². The van der Waals surface area contributed by atoms with Crippen molar-refractivity contribution in [3.63, 3.8) is 0 Å². The van der Waals surface area contributed by atoms with E-state index in [0.717, 1.165) is 12.2 Å². The quantitative estimate of drug-likeness (QED) is 0.742. The minimum absolute atomic E-state index is 0.253. The molecule has 0 fully saturated rings. The summed E-state index contributed by atoms with van der Waals surface area (Å²) in [6, 6.07) is 6.16. The lowest BCUT2D eigenvalue weighted by atomic mass is 10.2. The summed E-state index contributed by atoms with van der Waals surface area (Å²) in [6.45, 7) is 6.06. The van der Waals surface area contributed by atoms with E-state index in [4.69, 9.17) is 4.74 Å². The van der Waals surface area contributed by atoms with E-state index in [1.54, 1.807) is 6.07 Å². The summed E-state index contributed by atoms with van der Waals surface area (Å²) >= 11 is 0. The molecule has 0 spiro atoms. The summed E-state index contributed by atoms with van der Waals surface area (Å²) in [5.41, 5.74) is 0.826. The smallest absolute Gasteiger partial charge is 0.322 e. The molecule has 0 bridgehead atoms. The third-order valence-electron chi connectivity index (χ3n) is 3.18. The number of carbonyl (C=O) groups is 1. The minimum Gasteiger partial charge on any atom is -0.468 e. The van der Waals surface area contributed by atoms with E-state index in [1.807, 2.05) is 24.8 Å². The van der Waals surface area contributed by atoms with Crippen LogP contribution in [0.3, 0.4) is 0 Å². The van der Waals surface area contributed by atoms with Crippen molar-refractivity contribution in [2.75, 3.05) is 31.6 Å². The molecule has 1 rings (SSSR count). The van der Waals surface area contributed by atoms with Crippen molar-refractivity contribution in [2.24, 2.45) is 0 Å². The lowest BCUT2D eigenvalue weighted by Crippen LogP contribution is -2.40. The molecule has 1 aromatic rings. The average Bonchev–Trinajstić information content (AvgIpc) is 2.46. The van der Waals surface area contributed by atoms with E-state index in [-0.39, 0.29) is 17.8 Å². The zero-order valence-corrected chi connectivity index (χ0v) is 12.4. The molecule has 5 heteroatoms. The van der Waals surface area contributed by atoms with Gasteiger partial charge in [0.15, 0.2) is 0 Å². The summed E-state index contributed by atoms with van der Waals surface area (Å²) in [5.74, 6) is -0.515. The number of halogens is 1. The lowest BCUT2D eigenvalue weighted by Gasteiger charge is -2.25. The molecule has 0 aliphatic rings. The molecule has 0 aliphatic carbocycles. The number of hydrogen-bond donors (Lipinski definition) is 1. The molecule has 1 unspecified atom stereocenters. The molecule has 0 aromatic heterocycles. The van der Waals surface area contributed by atoms with Gasteiger partial charge in [-0.05, 0) is 38.1 Å². The van der Waals surface area contributed by atoms with E-state index in [0.29, 0.717) is 19.5 Å². The van der Waals surface area contributed by atoms with Gasteiger partial charge in [-0.1, -0.05) is 13.0 Å². The Hall–Kier alpha value is -1.62. The molecular weight excluding hydrogens is 259 g/mol. The second-order valence-corrected chi connectivity index (χ2v) is 4.48. The lowest BCUT2D eigenvalue weighted by molar-refractivity contribution is -0.143. The molecule has 1 N–H and O–H groups in total. The number of benzene rings is 1. The second kappa shape index (κ2) is 8.53. The fraction of sp³-hybridized carbons (Fsp3) is 0.533. The van der Waals surface area contributed by atoms with Crippen LogP contribution in [-0.2, 0) is 9.53 Å². The van der Waals surface area contributed by atoms with Crippen LogP contribution in [0.2, 0.25) is 0 Å². The van der Waals surface area contributed by atoms with E-state index >= 15 is 0 Å². The Balaban J connectivity index is 2.66. The molecule has 112 valence electrons. The van der Waals surface area contributed by atoms with Crippen molar-refractivity contribution in [3.05, 3.63) is 30.1 Å². The summed E-state index contributed by atoms with van der Waals surface area (Å²) < 4.78 is 18.0. The van der Waals surface area contributed by atoms with Crippen molar-refractivity contribution in [1.82, 2.24) is 5.32 Å². The van der Waals surface area contributed by atoms with Gasteiger partial charge in [-0.2, -0.15) is 0 Å². The number of nitrogens with one attached hydrogen (secondary N) is 1. The topological polar surface area (TPSA) is 41.6 Å². The largest absolute Gasteiger partial charge is 0.468 e. The van der Waals surface area contributed by atoms with Gasteiger partial charge in [-0.3, -0.25) is 4.79 Å². The first-order valence-corrected chi connectivity index (χ1v) is 6.94. The van der Waals surface area contributed by atoms with Crippen LogP contribution in [0, 0.1) is 5.82 Å². The summed E-state index contributed by atoms with van der Waals surface area (Å²) in [6.07, 6.45) is 0.616. The van der Waals surface area contributed by atoms with Crippen LogP contribution in [0.25, 0.3) is 0 Å². The van der Waals surface area contributed by atoms with Crippen molar-refractivity contribution in [1.29, 1.82) is 0 Å². The van der Waals surface area contributed by atoms with Crippen molar-refractivity contribution in [2.45, 2.75) is 26.3 Å². The third kappa shape index (κ3) is 4.81. The zero-order chi connectivity index (χ0) is 15.0. The van der Waals surface area contributed by atoms with E-state index in [2.05, 4.69) is 5.32 Å². The highest BCUT2D eigenvalue weighted by molar-refractivity contribution is 5.75. The molecule has 1 atom stereocenters. The Morgan fingerprint density at radius 2 is 2.20 bits per heavy atom. The fourth-order valence-electron chi connectivity index (χ4n) is 2.12. The standard InChI is InChI=1S/C15H23FN2O2/c1-4-17-14(15(19)20-3)9-10-18(5-2)13-8-6-7-12(16)11-13/h6-8,11,14,17H,4-5,9-10H2,1-3H3. The third-order valence-corrected chi connectivity index (χ3v) is 3.18. The summed E-state index contributed by atoms with van der Waals surface area (Å²) in [4.78, 5) is 13.7. The van der Waals surface area contributed by atoms with Gasteiger partial charge in [0.25, 0.3) is 0 Å². The molecule has 1 aromatic carbocycles. The van der Waals surface area contributed by atoms with Crippen LogP contribution < -0.4 is 10.2 Å². The predicted octanol–water partition coefficient (Wildman–Crippen LogP) is 2.19. The molecular formula is C15H23FN2O2. The van der Waals surface area contributed by atoms with Gasteiger partial charge >= 0.3 is 5.97 Å². The van der Waals surface area contributed by atoms with Crippen LogP contribution in [0.4, 0.5) is 10.1 Å². The van der Waals surface area contributed by atoms with Crippen LogP contribution in [-0.4, -0.2) is 38.8 Å². The van der Waals surface area contributed by atoms with Gasteiger partial charge in [0.1, 0.15) is 11.9 Å². The SMILES string of the molecule is CCNC(CCN(CC)c1cccc(F)c1)C(=O)OC. The molecule has 20 heavy (non-hydrogen) atoms. The van der Waals surface area contributed by atoms with Crippen LogP contribution in [0.15, 0.2) is 24.3 Å². The number of methoxy groups -OCH3 is 1. The summed E-state index contributed by atoms with van der Waals surface area (Å²) in [5, 5.41) is 3.10. The molecule has 4 nitrogen and oxygen atoms in total. The van der Waals surface area contributed by atoms with Gasteiger partial charge in [0.05, 0.1) is 7.11 Å². The Morgan fingerprint density at radius 1 is 1.45 bits per heavy atom. The molecule has 0 saturated carbocycles. The number of carbonyl (C=O) groups excluding carboxylic acids is 1. The summed E-state index contributed by atoms with van der Waals surface area (Å²) in [7, 11) is 1.39.